The molecule has 1 saturated heterocycles. The van der Waals surface area contributed by atoms with Gasteiger partial charge in [-0.1, -0.05) is 19.8 Å². The Balaban J connectivity index is 1.70. The third-order valence-corrected chi connectivity index (χ3v) is 5.97. The number of hydrogen-bond acceptors (Lipinski definition) is 3. The van der Waals surface area contributed by atoms with Gasteiger partial charge in [0.2, 0.25) is 0 Å². The summed E-state index contributed by atoms with van der Waals surface area (Å²) in [6.07, 6.45) is 12.0. The van der Waals surface area contributed by atoms with Crippen LogP contribution in [0.25, 0.3) is 0 Å². The van der Waals surface area contributed by atoms with Gasteiger partial charge in [-0.2, -0.15) is 5.26 Å². The molecule has 1 aliphatic heterocycles. The van der Waals surface area contributed by atoms with Crippen LogP contribution < -0.4 is 5.32 Å². The third kappa shape index (κ3) is 3.27. The smallest absolute Gasteiger partial charge is 0.122 e. The van der Waals surface area contributed by atoms with Crippen molar-refractivity contribution in [1.29, 1.82) is 5.26 Å². The van der Waals surface area contributed by atoms with Gasteiger partial charge in [0.1, 0.15) is 5.54 Å². The van der Waals surface area contributed by atoms with E-state index in [-0.39, 0.29) is 5.54 Å². The van der Waals surface area contributed by atoms with Crippen molar-refractivity contribution >= 4 is 0 Å². The fourth-order valence-electron chi connectivity index (χ4n) is 4.66. The second-order valence-corrected chi connectivity index (χ2v) is 7.51. The predicted molar refractivity (Wildman–Crippen MR) is 85.9 cm³/mol. The molecule has 3 aliphatic rings. The zero-order valence-corrected chi connectivity index (χ0v) is 13.6. The van der Waals surface area contributed by atoms with Crippen LogP contribution in [0, 0.1) is 23.2 Å². The van der Waals surface area contributed by atoms with Gasteiger partial charge in [-0.25, -0.2) is 0 Å². The average Bonchev–Trinajstić information content (AvgIpc) is 3.37. The molecular formula is C18H31N3. The van der Waals surface area contributed by atoms with Crippen LogP contribution in [-0.2, 0) is 0 Å². The first-order valence-corrected chi connectivity index (χ1v) is 9.19. The third-order valence-electron chi connectivity index (χ3n) is 5.97. The summed E-state index contributed by atoms with van der Waals surface area (Å²) in [5, 5.41) is 13.5. The van der Waals surface area contributed by atoms with E-state index in [4.69, 9.17) is 0 Å². The van der Waals surface area contributed by atoms with E-state index in [1.165, 1.54) is 57.9 Å². The number of fused-ring (bicyclic) bond motifs is 1. The Bertz CT molecular complexity index is 382. The van der Waals surface area contributed by atoms with E-state index in [0.29, 0.717) is 5.92 Å². The maximum atomic E-state index is 9.90. The number of nitriles is 1. The standard InChI is InChI=1S/C18H31N3/c1-2-11-20-18(13-19,16-9-10-16)14-21-12-5-7-15-6-3-4-8-17(15)21/h15-17,20H,2-12,14H2,1H3/t15-,17-,18?/m1/s1. The van der Waals surface area contributed by atoms with Crippen molar-refractivity contribution in [2.45, 2.75) is 76.3 Å². The second kappa shape index (κ2) is 6.67. The largest absolute Gasteiger partial charge is 0.298 e. The highest BCUT2D eigenvalue weighted by Crippen LogP contribution is 2.42. The summed E-state index contributed by atoms with van der Waals surface area (Å²) in [5.41, 5.74) is -0.269. The van der Waals surface area contributed by atoms with Crippen LogP contribution in [0.2, 0.25) is 0 Å². The molecule has 1 unspecified atom stereocenters. The minimum absolute atomic E-state index is 0.269. The molecule has 118 valence electrons. The summed E-state index contributed by atoms with van der Waals surface area (Å²) < 4.78 is 0. The molecule has 21 heavy (non-hydrogen) atoms. The van der Waals surface area contributed by atoms with Crippen molar-refractivity contribution in [2.24, 2.45) is 11.8 Å². The van der Waals surface area contributed by atoms with Gasteiger partial charge in [-0.3, -0.25) is 10.2 Å². The Morgan fingerprint density at radius 3 is 2.62 bits per heavy atom. The Labute approximate surface area is 130 Å². The molecule has 0 radical (unpaired) electrons. The Morgan fingerprint density at radius 2 is 1.90 bits per heavy atom. The molecule has 0 amide bonds. The number of hydrogen-bond donors (Lipinski definition) is 1. The molecule has 3 nitrogen and oxygen atoms in total. The van der Waals surface area contributed by atoms with Gasteiger partial charge in [0.25, 0.3) is 0 Å². The molecule has 1 N–H and O–H groups in total. The molecule has 3 heteroatoms. The lowest BCUT2D eigenvalue weighted by molar-refractivity contribution is 0.0410. The van der Waals surface area contributed by atoms with Crippen LogP contribution in [0.4, 0.5) is 0 Å². The van der Waals surface area contributed by atoms with E-state index in [1.807, 2.05) is 0 Å². The molecule has 3 atom stereocenters. The summed E-state index contributed by atoms with van der Waals surface area (Å²) in [5.74, 6) is 1.51. The van der Waals surface area contributed by atoms with Crippen LogP contribution in [0.3, 0.4) is 0 Å². The number of nitrogens with zero attached hydrogens (tertiary/aromatic N) is 2. The van der Waals surface area contributed by atoms with Gasteiger partial charge in [0.05, 0.1) is 6.07 Å². The molecule has 0 aromatic heterocycles. The highest BCUT2D eigenvalue weighted by molar-refractivity contribution is 5.17. The topological polar surface area (TPSA) is 39.1 Å². The van der Waals surface area contributed by atoms with E-state index in [2.05, 4.69) is 23.2 Å². The van der Waals surface area contributed by atoms with Gasteiger partial charge >= 0.3 is 0 Å². The molecule has 0 spiro atoms. The maximum Gasteiger partial charge on any atom is 0.122 e. The van der Waals surface area contributed by atoms with Crippen molar-refractivity contribution in [3.63, 3.8) is 0 Å². The summed E-state index contributed by atoms with van der Waals surface area (Å²) in [7, 11) is 0. The van der Waals surface area contributed by atoms with Gasteiger partial charge in [-0.05, 0) is 69.9 Å². The normalized spacial score (nSPS) is 33.0. The first-order chi connectivity index (χ1) is 10.3. The summed E-state index contributed by atoms with van der Waals surface area (Å²) in [6, 6.07) is 3.47. The Morgan fingerprint density at radius 1 is 1.14 bits per heavy atom. The fourth-order valence-corrected chi connectivity index (χ4v) is 4.66. The molecule has 2 saturated carbocycles. The van der Waals surface area contributed by atoms with E-state index < -0.39 is 0 Å². The van der Waals surface area contributed by atoms with Crippen molar-refractivity contribution in [3.05, 3.63) is 0 Å². The van der Waals surface area contributed by atoms with E-state index >= 15 is 0 Å². The monoisotopic (exact) mass is 289 g/mol. The van der Waals surface area contributed by atoms with Gasteiger partial charge in [0, 0.05) is 12.6 Å². The van der Waals surface area contributed by atoms with Crippen molar-refractivity contribution in [2.75, 3.05) is 19.6 Å². The van der Waals surface area contributed by atoms with Gasteiger partial charge < -0.3 is 0 Å². The molecule has 0 aromatic rings. The lowest BCUT2D eigenvalue weighted by Gasteiger charge is -2.47. The highest BCUT2D eigenvalue weighted by Gasteiger charge is 2.48. The van der Waals surface area contributed by atoms with E-state index in [0.717, 1.165) is 31.5 Å². The molecule has 0 aromatic carbocycles. The first-order valence-electron chi connectivity index (χ1n) is 9.19. The predicted octanol–water partition coefficient (Wildman–Crippen LogP) is 3.31. The van der Waals surface area contributed by atoms with E-state index in [9.17, 15) is 5.26 Å². The molecule has 3 fully saturated rings. The zero-order chi connectivity index (χ0) is 14.7. The highest BCUT2D eigenvalue weighted by atomic mass is 15.2. The van der Waals surface area contributed by atoms with Crippen LogP contribution in [0.5, 0.6) is 0 Å². The lowest BCUT2D eigenvalue weighted by atomic mass is 9.77. The van der Waals surface area contributed by atoms with Crippen LogP contribution in [0.1, 0.15) is 64.7 Å². The molecule has 3 rings (SSSR count). The summed E-state index contributed by atoms with van der Waals surface area (Å²) in [6.45, 7) is 5.35. The number of rotatable bonds is 6. The van der Waals surface area contributed by atoms with Crippen LogP contribution >= 0.6 is 0 Å². The molecular weight excluding hydrogens is 258 g/mol. The summed E-state index contributed by atoms with van der Waals surface area (Å²) in [4.78, 5) is 2.69. The Hall–Kier alpha value is -0.590. The van der Waals surface area contributed by atoms with Gasteiger partial charge in [-0.15, -0.1) is 0 Å². The minimum atomic E-state index is -0.269. The molecule has 2 aliphatic carbocycles. The number of likely N-dealkylation sites (tertiary alicyclic amines) is 1. The van der Waals surface area contributed by atoms with Gasteiger partial charge in [0.15, 0.2) is 0 Å². The quantitative estimate of drug-likeness (QED) is 0.815. The van der Waals surface area contributed by atoms with Crippen molar-refractivity contribution < 1.29 is 0 Å². The average molecular weight is 289 g/mol. The number of piperidine rings is 1. The Kier molecular flexibility index (Phi) is 4.86. The first kappa shape index (κ1) is 15.3. The van der Waals surface area contributed by atoms with Crippen molar-refractivity contribution in [1.82, 2.24) is 10.2 Å². The van der Waals surface area contributed by atoms with Crippen LogP contribution in [0.15, 0.2) is 0 Å². The van der Waals surface area contributed by atoms with Crippen LogP contribution in [-0.4, -0.2) is 36.1 Å². The number of nitrogens with one attached hydrogen (secondary N) is 1. The second-order valence-electron chi connectivity index (χ2n) is 7.51. The molecule has 1 heterocycles. The van der Waals surface area contributed by atoms with Crippen molar-refractivity contribution in [3.8, 4) is 6.07 Å². The zero-order valence-electron chi connectivity index (χ0n) is 13.6. The maximum absolute atomic E-state index is 9.90. The minimum Gasteiger partial charge on any atom is -0.298 e. The SMILES string of the molecule is CCCNC(C#N)(CN1CCC[C@H]2CCCC[C@H]21)C1CC1. The van der Waals surface area contributed by atoms with E-state index in [1.54, 1.807) is 0 Å². The molecule has 0 bridgehead atoms. The summed E-state index contributed by atoms with van der Waals surface area (Å²) >= 11 is 0. The fraction of sp³-hybridized carbons (Fsp3) is 0.944. The lowest BCUT2D eigenvalue weighted by Crippen LogP contribution is -2.59.